The number of hydrogen-bond acceptors (Lipinski definition) is 3. The Hall–Kier alpha value is -2.56. The molecule has 0 aliphatic carbocycles. The van der Waals surface area contributed by atoms with E-state index in [1.54, 1.807) is 17.8 Å². The lowest BCUT2D eigenvalue weighted by atomic mass is 10.2. The molecule has 1 aromatic carbocycles. The number of nitrogens with zero attached hydrogens (tertiary/aromatic N) is 2. The predicted molar refractivity (Wildman–Crippen MR) is 99.7 cm³/mol. The van der Waals surface area contributed by atoms with Gasteiger partial charge in [-0.05, 0) is 37.1 Å². The molecule has 0 bridgehead atoms. The smallest absolute Gasteiger partial charge is 0.269 e. The number of aryl methyl sites for hydroxylation is 2. The highest BCUT2D eigenvalue weighted by Crippen LogP contribution is 2.13. The van der Waals surface area contributed by atoms with Gasteiger partial charge in [0.15, 0.2) is 0 Å². The van der Waals surface area contributed by atoms with Gasteiger partial charge >= 0.3 is 0 Å². The predicted octanol–water partition coefficient (Wildman–Crippen LogP) is 3.78. The molecule has 25 heavy (non-hydrogen) atoms. The summed E-state index contributed by atoms with van der Waals surface area (Å²) in [5, 5.41) is 7.11. The number of unbranched alkanes of at least 4 members (excludes halogenated alkanes) is 2. The van der Waals surface area contributed by atoms with E-state index in [0.29, 0.717) is 18.8 Å². The highest BCUT2D eigenvalue weighted by molar-refractivity contribution is 5.92. The number of hydrogen-bond donors (Lipinski definition) is 1. The van der Waals surface area contributed by atoms with E-state index in [0.717, 1.165) is 23.4 Å². The van der Waals surface area contributed by atoms with Crippen molar-refractivity contribution in [2.75, 3.05) is 6.61 Å². The average molecular weight is 341 g/mol. The van der Waals surface area contributed by atoms with Gasteiger partial charge < -0.3 is 10.1 Å². The molecule has 0 spiro atoms. The normalized spacial score (nSPS) is 11.0. The molecular weight excluding hydrogens is 314 g/mol. The van der Waals surface area contributed by atoms with Crippen molar-refractivity contribution in [1.82, 2.24) is 15.1 Å². The summed E-state index contributed by atoms with van der Waals surface area (Å²) in [6, 6.07) is 9.56. The maximum atomic E-state index is 12.2. The zero-order valence-electron chi connectivity index (χ0n) is 15.3. The standard InChI is InChI=1S/C20H27N3O2/c1-4-5-6-7-8-12-25-18-11-9-10-17(14-18)15-21-20(24)19-13-16(2)22-23(19)3/h7-11,13-14H,4-6,12,15H2,1-3H3,(H,21,24). The number of allylic oxidation sites excluding steroid dienone is 1. The molecule has 1 heterocycles. The van der Waals surface area contributed by atoms with Gasteiger partial charge in [-0.25, -0.2) is 0 Å². The molecular formula is C20H27N3O2. The fourth-order valence-corrected chi connectivity index (χ4v) is 2.49. The topological polar surface area (TPSA) is 56.1 Å². The molecule has 0 radical (unpaired) electrons. The van der Waals surface area contributed by atoms with Crippen LogP contribution in [0.5, 0.6) is 5.75 Å². The first kappa shape index (κ1) is 18.8. The summed E-state index contributed by atoms with van der Waals surface area (Å²) >= 11 is 0. The van der Waals surface area contributed by atoms with Crippen LogP contribution in [0.1, 0.15) is 47.9 Å². The molecule has 1 aromatic heterocycles. The van der Waals surface area contributed by atoms with Crippen molar-refractivity contribution in [3.05, 3.63) is 59.4 Å². The van der Waals surface area contributed by atoms with Crippen molar-refractivity contribution in [2.24, 2.45) is 7.05 Å². The van der Waals surface area contributed by atoms with Crippen LogP contribution in [0.2, 0.25) is 0 Å². The Morgan fingerprint density at radius 2 is 2.16 bits per heavy atom. The van der Waals surface area contributed by atoms with Crippen molar-refractivity contribution >= 4 is 5.91 Å². The van der Waals surface area contributed by atoms with E-state index in [4.69, 9.17) is 4.74 Å². The molecule has 2 rings (SSSR count). The van der Waals surface area contributed by atoms with Crippen molar-refractivity contribution in [3.8, 4) is 5.75 Å². The van der Waals surface area contributed by atoms with E-state index in [2.05, 4.69) is 29.5 Å². The Kier molecular flexibility index (Phi) is 7.26. The molecule has 1 amide bonds. The first-order valence-corrected chi connectivity index (χ1v) is 8.75. The molecule has 0 atom stereocenters. The third kappa shape index (κ3) is 6.10. The van der Waals surface area contributed by atoms with Gasteiger partial charge in [0, 0.05) is 13.6 Å². The molecule has 0 aliphatic heterocycles. The van der Waals surface area contributed by atoms with Gasteiger partial charge in [0.1, 0.15) is 18.1 Å². The Bertz CT molecular complexity index is 719. The highest BCUT2D eigenvalue weighted by atomic mass is 16.5. The summed E-state index contributed by atoms with van der Waals surface area (Å²) in [5.41, 5.74) is 2.39. The number of benzene rings is 1. The maximum Gasteiger partial charge on any atom is 0.269 e. The van der Waals surface area contributed by atoms with Crippen LogP contribution >= 0.6 is 0 Å². The Labute approximate surface area is 149 Å². The van der Waals surface area contributed by atoms with Crippen molar-refractivity contribution in [3.63, 3.8) is 0 Å². The lowest BCUT2D eigenvalue weighted by molar-refractivity contribution is 0.0941. The summed E-state index contributed by atoms with van der Waals surface area (Å²) in [4.78, 5) is 12.2. The lowest BCUT2D eigenvalue weighted by Gasteiger charge is -2.08. The second-order valence-corrected chi connectivity index (χ2v) is 6.05. The van der Waals surface area contributed by atoms with E-state index >= 15 is 0 Å². The minimum atomic E-state index is -0.131. The lowest BCUT2D eigenvalue weighted by Crippen LogP contribution is -2.25. The molecule has 0 aliphatic rings. The summed E-state index contributed by atoms with van der Waals surface area (Å²) < 4.78 is 7.32. The van der Waals surface area contributed by atoms with Crippen molar-refractivity contribution < 1.29 is 9.53 Å². The van der Waals surface area contributed by atoms with Crippen LogP contribution < -0.4 is 10.1 Å². The fourth-order valence-electron chi connectivity index (χ4n) is 2.49. The van der Waals surface area contributed by atoms with Crippen molar-refractivity contribution in [1.29, 1.82) is 0 Å². The number of carbonyl (C=O) groups excluding carboxylic acids is 1. The molecule has 0 saturated carbocycles. The molecule has 5 nitrogen and oxygen atoms in total. The number of ether oxygens (including phenoxy) is 1. The maximum absolute atomic E-state index is 12.2. The highest BCUT2D eigenvalue weighted by Gasteiger charge is 2.11. The SMILES string of the molecule is CCCCC=CCOc1cccc(CNC(=O)c2cc(C)nn2C)c1. The van der Waals surface area contributed by atoms with Crippen LogP contribution in [0.4, 0.5) is 0 Å². The molecule has 0 saturated heterocycles. The monoisotopic (exact) mass is 341 g/mol. The fraction of sp³-hybridized carbons (Fsp3) is 0.400. The number of carbonyl (C=O) groups is 1. The summed E-state index contributed by atoms with van der Waals surface area (Å²) in [6.45, 7) is 5.07. The summed E-state index contributed by atoms with van der Waals surface area (Å²) in [7, 11) is 1.77. The molecule has 0 unspecified atom stereocenters. The van der Waals surface area contributed by atoms with Crippen LogP contribution in [0.3, 0.4) is 0 Å². The third-order valence-electron chi connectivity index (χ3n) is 3.82. The first-order chi connectivity index (χ1) is 12.1. The summed E-state index contributed by atoms with van der Waals surface area (Å²) in [6.07, 6.45) is 7.72. The van der Waals surface area contributed by atoms with E-state index in [1.165, 1.54) is 12.8 Å². The third-order valence-corrected chi connectivity index (χ3v) is 3.82. The first-order valence-electron chi connectivity index (χ1n) is 8.75. The molecule has 134 valence electrons. The van der Waals surface area contributed by atoms with Gasteiger partial charge in [0.05, 0.1) is 5.69 Å². The minimum absolute atomic E-state index is 0.131. The van der Waals surface area contributed by atoms with Crippen LogP contribution in [0, 0.1) is 6.92 Å². The quantitative estimate of drug-likeness (QED) is 0.558. The van der Waals surface area contributed by atoms with Gasteiger partial charge in [-0.2, -0.15) is 5.10 Å². The number of nitrogens with one attached hydrogen (secondary N) is 1. The van der Waals surface area contributed by atoms with Crippen LogP contribution in [-0.2, 0) is 13.6 Å². The van der Waals surface area contributed by atoms with E-state index < -0.39 is 0 Å². The molecule has 2 aromatic rings. The second-order valence-electron chi connectivity index (χ2n) is 6.05. The van der Waals surface area contributed by atoms with Gasteiger partial charge in [0.2, 0.25) is 0 Å². The molecule has 0 fully saturated rings. The number of rotatable bonds is 9. The van der Waals surface area contributed by atoms with Crippen molar-refractivity contribution in [2.45, 2.75) is 39.7 Å². The van der Waals surface area contributed by atoms with Gasteiger partial charge in [-0.1, -0.05) is 44.1 Å². The zero-order chi connectivity index (χ0) is 18.1. The van der Waals surface area contributed by atoms with Crippen LogP contribution in [-0.4, -0.2) is 22.3 Å². The average Bonchev–Trinajstić information content (AvgIpc) is 2.94. The van der Waals surface area contributed by atoms with Crippen LogP contribution in [0.15, 0.2) is 42.5 Å². The number of aromatic nitrogens is 2. The van der Waals surface area contributed by atoms with Crippen LogP contribution in [0.25, 0.3) is 0 Å². The molecule has 5 heteroatoms. The Morgan fingerprint density at radius 3 is 2.88 bits per heavy atom. The Morgan fingerprint density at radius 1 is 1.32 bits per heavy atom. The van der Waals surface area contributed by atoms with E-state index in [9.17, 15) is 4.79 Å². The molecule has 1 N–H and O–H groups in total. The second kappa shape index (κ2) is 9.67. The van der Waals surface area contributed by atoms with E-state index in [1.807, 2.05) is 31.2 Å². The van der Waals surface area contributed by atoms with E-state index in [-0.39, 0.29) is 5.91 Å². The number of amides is 1. The van der Waals surface area contributed by atoms with Gasteiger partial charge in [0.25, 0.3) is 5.91 Å². The summed E-state index contributed by atoms with van der Waals surface area (Å²) in [5.74, 6) is 0.677. The van der Waals surface area contributed by atoms with Gasteiger partial charge in [-0.15, -0.1) is 0 Å². The Balaban J connectivity index is 1.83. The largest absolute Gasteiger partial charge is 0.490 e. The van der Waals surface area contributed by atoms with Gasteiger partial charge in [-0.3, -0.25) is 9.48 Å². The minimum Gasteiger partial charge on any atom is -0.490 e. The zero-order valence-corrected chi connectivity index (χ0v) is 15.3.